The van der Waals surface area contributed by atoms with Crippen molar-refractivity contribution in [2.75, 3.05) is 6.54 Å². The van der Waals surface area contributed by atoms with Gasteiger partial charge in [-0.05, 0) is 16.7 Å². The van der Waals surface area contributed by atoms with Crippen LogP contribution in [0.2, 0.25) is 0 Å². The molecule has 1 aliphatic rings. The molecule has 1 atom stereocenters. The summed E-state index contributed by atoms with van der Waals surface area (Å²) < 4.78 is 0. The maximum atomic E-state index is 11.2. The lowest BCUT2D eigenvalue weighted by Gasteiger charge is -2.27. The van der Waals surface area contributed by atoms with Crippen LogP contribution < -0.4 is 5.32 Å². The Hall–Kier alpha value is -1.93. The Balaban J connectivity index is 2.11. The van der Waals surface area contributed by atoms with Crippen molar-refractivity contribution in [1.29, 1.82) is 0 Å². The first-order valence-corrected chi connectivity index (χ1v) is 6.23. The van der Waals surface area contributed by atoms with Gasteiger partial charge < -0.3 is 5.32 Å². The summed E-state index contributed by atoms with van der Waals surface area (Å²) >= 11 is 0. The van der Waals surface area contributed by atoms with Crippen molar-refractivity contribution in [3.8, 4) is 0 Å². The third kappa shape index (κ3) is 1.85. The molecule has 18 heavy (non-hydrogen) atoms. The minimum absolute atomic E-state index is 0.274. The quantitative estimate of drug-likeness (QED) is 0.814. The van der Waals surface area contributed by atoms with E-state index >= 15 is 0 Å². The van der Waals surface area contributed by atoms with Crippen molar-refractivity contribution in [2.45, 2.75) is 12.5 Å². The second kappa shape index (κ2) is 4.75. The molecule has 1 unspecified atom stereocenters. The highest BCUT2D eigenvalue weighted by atomic mass is 16.1. The van der Waals surface area contributed by atoms with E-state index in [0.717, 1.165) is 30.5 Å². The van der Waals surface area contributed by atoms with Gasteiger partial charge in [0.1, 0.15) is 6.29 Å². The summed E-state index contributed by atoms with van der Waals surface area (Å²) in [5, 5.41) is 3.42. The summed E-state index contributed by atoms with van der Waals surface area (Å²) in [7, 11) is 0. The van der Waals surface area contributed by atoms with Crippen molar-refractivity contribution in [2.24, 2.45) is 0 Å². The van der Waals surface area contributed by atoms with Crippen LogP contribution in [-0.4, -0.2) is 12.8 Å². The van der Waals surface area contributed by atoms with Crippen LogP contribution in [0, 0.1) is 0 Å². The first-order chi connectivity index (χ1) is 8.90. The number of carbonyl (C=O) groups is 1. The fraction of sp³-hybridized carbons (Fsp3) is 0.188. The summed E-state index contributed by atoms with van der Waals surface area (Å²) in [6.07, 6.45) is 0.951. The lowest BCUT2D eigenvalue weighted by Crippen LogP contribution is -2.29. The molecule has 0 aliphatic carbocycles. The van der Waals surface area contributed by atoms with Crippen LogP contribution in [-0.2, 0) is 6.54 Å². The first kappa shape index (κ1) is 11.2. The molecule has 0 spiro atoms. The van der Waals surface area contributed by atoms with Gasteiger partial charge in [-0.2, -0.15) is 0 Å². The molecule has 2 nitrogen and oxygen atoms in total. The van der Waals surface area contributed by atoms with Crippen molar-refractivity contribution < 1.29 is 4.79 Å². The number of hydrogen-bond donors (Lipinski definition) is 1. The molecule has 90 valence electrons. The lowest BCUT2D eigenvalue weighted by molar-refractivity contribution is 0.112. The highest BCUT2D eigenvalue weighted by Gasteiger charge is 2.22. The van der Waals surface area contributed by atoms with Gasteiger partial charge in [0.05, 0.1) is 0 Å². The SMILES string of the molecule is O=Cc1ccccc1C1CNCc2ccccc21. The molecule has 0 bridgehead atoms. The van der Waals surface area contributed by atoms with Gasteiger partial charge in [-0.3, -0.25) is 4.79 Å². The Bertz CT molecular complexity index is 577. The highest BCUT2D eigenvalue weighted by Crippen LogP contribution is 2.31. The second-order valence-electron chi connectivity index (χ2n) is 4.63. The number of nitrogens with one attached hydrogen (secondary N) is 1. The summed E-state index contributed by atoms with van der Waals surface area (Å²) in [5.74, 6) is 0.274. The van der Waals surface area contributed by atoms with E-state index in [4.69, 9.17) is 0 Å². The van der Waals surface area contributed by atoms with Gasteiger partial charge in [-0.1, -0.05) is 48.5 Å². The van der Waals surface area contributed by atoms with E-state index in [9.17, 15) is 4.79 Å². The predicted octanol–water partition coefficient (Wildman–Crippen LogP) is 2.73. The van der Waals surface area contributed by atoms with Crippen molar-refractivity contribution >= 4 is 6.29 Å². The van der Waals surface area contributed by atoms with Crippen LogP contribution in [0.3, 0.4) is 0 Å². The van der Waals surface area contributed by atoms with Gasteiger partial charge in [-0.25, -0.2) is 0 Å². The zero-order valence-electron chi connectivity index (χ0n) is 10.1. The number of rotatable bonds is 2. The summed E-state index contributed by atoms with van der Waals surface area (Å²) in [6, 6.07) is 16.3. The molecule has 1 N–H and O–H groups in total. The minimum Gasteiger partial charge on any atom is -0.312 e. The molecule has 1 heterocycles. The van der Waals surface area contributed by atoms with E-state index in [-0.39, 0.29) is 5.92 Å². The molecule has 0 saturated heterocycles. The molecule has 2 heteroatoms. The van der Waals surface area contributed by atoms with Crippen molar-refractivity contribution in [1.82, 2.24) is 5.32 Å². The minimum atomic E-state index is 0.274. The maximum absolute atomic E-state index is 11.2. The van der Waals surface area contributed by atoms with Gasteiger partial charge >= 0.3 is 0 Å². The Morgan fingerprint density at radius 2 is 1.72 bits per heavy atom. The van der Waals surface area contributed by atoms with Crippen molar-refractivity contribution in [3.63, 3.8) is 0 Å². The predicted molar refractivity (Wildman–Crippen MR) is 71.8 cm³/mol. The topological polar surface area (TPSA) is 29.1 Å². The van der Waals surface area contributed by atoms with Gasteiger partial charge in [0, 0.05) is 24.6 Å². The number of benzene rings is 2. The number of carbonyl (C=O) groups excluding carboxylic acids is 1. The summed E-state index contributed by atoms with van der Waals surface area (Å²) in [5.41, 5.74) is 4.58. The zero-order valence-corrected chi connectivity index (χ0v) is 10.1. The Labute approximate surface area is 107 Å². The Kier molecular flexibility index (Phi) is 2.95. The maximum Gasteiger partial charge on any atom is 0.150 e. The van der Waals surface area contributed by atoms with Crippen LogP contribution in [0.4, 0.5) is 0 Å². The van der Waals surface area contributed by atoms with Gasteiger partial charge in [-0.15, -0.1) is 0 Å². The smallest absolute Gasteiger partial charge is 0.150 e. The van der Waals surface area contributed by atoms with Crippen molar-refractivity contribution in [3.05, 3.63) is 70.8 Å². The molecule has 2 aromatic carbocycles. The molecular formula is C16H15NO. The summed E-state index contributed by atoms with van der Waals surface area (Å²) in [6.45, 7) is 1.80. The molecule has 0 radical (unpaired) electrons. The van der Waals surface area contributed by atoms with Gasteiger partial charge in [0.2, 0.25) is 0 Å². The first-order valence-electron chi connectivity index (χ1n) is 6.23. The summed E-state index contributed by atoms with van der Waals surface area (Å²) in [4.78, 5) is 11.2. The van der Waals surface area contributed by atoms with E-state index in [1.165, 1.54) is 11.1 Å². The van der Waals surface area contributed by atoms with Gasteiger partial charge in [0.25, 0.3) is 0 Å². The zero-order chi connectivity index (χ0) is 12.4. The molecule has 3 rings (SSSR count). The molecule has 1 aliphatic heterocycles. The number of aldehydes is 1. The monoisotopic (exact) mass is 237 g/mol. The molecule has 0 saturated carbocycles. The van der Waals surface area contributed by atoms with E-state index in [1.54, 1.807) is 0 Å². The third-order valence-corrected chi connectivity index (χ3v) is 3.59. The van der Waals surface area contributed by atoms with Crippen LogP contribution in [0.15, 0.2) is 48.5 Å². The standard InChI is InChI=1S/C16H15NO/c18-11-13-6-2-4-8-15(13)16-10-17-9-12-5-1-3-7-14(12)16/h1-8,11,16-17H,9-10H2. The molecule has 0 amide bonds. The largest absolute Gasteiger partial charge is 0.312 e. The number of fused-ring (bicyclic) bond motifs is 1. The lowest BCUT2D eigenvalue weighted by atomic mass is 9.84. The molecule has 2 aromatic rings. The van der Waals surface area contributed by atoms with Crippen LogP contribution in [0.1, 0.15) is 33.0 Å². The highest BCUT2D eigenvalue weighted by molar-refractivity contribution is 5.78. The molecule has 0 fully saturated rings. The Morgan fingerprint density at radius 1 is 1.00 bits per heavy atom. The van der Waals surface area contributed by atoms with E-state index < -0.39 is 0 Å². The normalized spacial score (nSPS) is 18.1. The van der Waals surface area contributed by atoms with E-state index in [2.05, 4.69) is 35.6 Å². The molecular weight excluding hydrogens is 222 g/mol. The third-order valence-electron chi connectivity index (χ3n) is 3.59. The average Bonchev–Trinajstić information content (AvgIpc) is 2.46. The fourth-order valence-corrected chi connectivity index (χ4v) is 2.71. The van der Waals surface area contributed by atoms with Crippen LogP contribution in [0.5, 0.6) is 0 Å². The second-order valence-corrected chi connectivity index (χ2v) is 4.63. The van der Waals surface area contributed by atoms with Gasteiger partial charge in [0.15, 0.2) is 0 Å². The molecule has 0 aromatic heterocycles. The van der Waals surface area contributed by atoms with Crippen LogP contribution >= 0.6 is 0 Å². The fourth-order valence-electron chi connectivity index (χ4n) is 2.71. The van der Waals surface area contributed by atoms with E-state index in [1.807, 2.05) is 18.2 Å². The number of hydrogen-bond acceptors (Lipinski definition) is 2. The van der Waals surface area contributed by atoms with Crippen LogP contribution in [0.25, 0.3) is 0 Å². The average molecular weight is 237 g/mol. The van der Waals surface area contributed by atoms with E-state index in [0.29, 0.717) is 0 Å². The Morgan fingerprint density at radius 3 is 2.56 bits per heavy atom.